The third-order valence-electron chi connectivity index (χ3n) is 5.13. The first-order valence-electron chi connectivity index (χ1n) is 12.7. The number of hydrogen-bond donors (Lipinski definition) is 2. The number of rotatable bonds is 9. The third kappa shape index (κ3) is 16.3. The monoisotopic (exact) mass is 523 g/mol. The van der Waals surface area contributed by atoms with Gasteiger partial charge in [-0.3, -0.25) is 14.8 Å². The molecule has 1 atom stereocenters. The quantitative estimate of drug-likeness (QED) is 0.162. The Hall–Kier alpha value is -3.11. The number of allylic oxidation sites excluding steroid dienone is 2. The molecule has 1 heterocycles. The van der Waals surface area contributed by atoms with Gasteiger partial charge in [-0.25, -0.2) is 0 Å². The molecule has 6 nitrogen and oxygen atoms in total. The number of carbonyl (C=O) groups excluding carboxylic acids is 1. The second kappa shape index (κ2) is 20.0. The Bertz CT molecular complexity index is 1030. The highest BCUT2D eigenvalue weighted by Crippen LogP contribution is 2.26. The number of anilines is 1. The fourth-order valence-electron chi connectivity index (χ4n) is 2.87. The van der Waals surface area contributed by atoms with E-state index in [-0.39, 0.29) is 0 Å². The zero-order valence-corrected chi connectivity index (χ0v) is 24.9. The Balaban J connectivity index is 0.000000579. The predicted molar refractivity (Wildman–Crippen MR) is 165 cm³/mol. The highest BCUT2D eigenvalue weighted by Gasteiger charge is 2.12. The summed E-state index contributed by atoms with van der Waals surface area (Å²) in [6.45, 7) is 16.3. The van der Waals surface area contributed by atoms with Gasteiger partial charge >= 0.3 is 0 Å². The smallest absolute Gasteiger partial charge is 0.214 e. The Morgan fingerprint density at radius 3 is 2.35 bits per heavy atom. The van der Waals surface area contributed by atoms with Gasteiger partial charge in [0.05, 0.1) is 24.8 Å². The van der Waals surface area contributed by atoms with E-state index in [1.165, 1.54) is 30.3 Å². The van der Waals surface area contributed by atoms with E-state index in [4.69, 9.17) is 5.41 Å². The van der Waals surface area contributed by atoms with Gasteiger partial charge in [-0.2, -0.15) is 0 Å². The van der Waals surface area contributed by atoms with Gasteiger partial charge in [-0.05, 0) is 67.3 Å². The molecule has 1 unspecified atom stereocenters. The van der Waals surface area contributed by atoms with Crippen molar-refractivity contribution in [3.8, 4) is 0 Å². The molecule has 1 fully saturated rings. The van der Waals surface area contributed by atoms with Crippen LogP contribution in [0.5, 0.6) is 0 Å². The maximum atomic E-state index is 11.1. The zero-order chi connectivity index (χ0) is 28.2. The molecule has 7 heteroatoms. The maximum absolute atomic E-state index is 11.1. The molecule has 0 radical (unpaired) electrons. The summed E-state index contributed by atoms with van der Waals surface area (Å²) < 4.78 is 0. The number of hydrogen-bond acceptors (Lipinski definition) is 4. The van der Waals surface area contributed by atoms with Crippen LogP contribution in [0.4, 0.5) is 5.69 Å². The molecule has 202 valence electrons. The zero-order valence-electron chi connectivity index (χ0n) is 23.7. The number of nitrogens with one attached hydrogen (secondary N) is 2. The molecule has 0 saturated heterocycles. The average Bonchev–Trinajstić information content (AvgIpc) is 3.66. The van der Waals surface area contributed by atoms with Crippen molar-refractivity contribution >= 4 is 33.4 Å². The van der Waals surface area contributed by atoms with Crippen LogP contribution in [0.15, 0.2) is 71.4 Å². The SMILES string of the molecule is C=C(CN(C=O)c1cnccc1C)NC=NC.CC.CC(=N)/C=C(\P)Cc1ccccc1C.CC1CC1. The summed E-state index contributed by atoms with van der Waals surface area (Å²) >= 11 is 0. The summed E-state index contributed by atoms with van der Waals surface area (Å²) in [5, 5.41) is 11.4. The molecule has 2 aromatic rings. The first-order chi connectivity index (χ1) is 17.7. The van der Waals surface area contributed by atoms with E-state index in [0.29, 0.717) is 18.0 Å². The van der Waals surface area contributed by atoms with Gasteiger partial charge in [0.1, 0.15) is 0 Å². The van der Waals surface area contributed by atoms with Crippen LogP contribution in [0.2, 0.25) is 0 Å². The number of nitrogens with zero attached hydrogens (tertiary/aromatic N) is 3. The highest BCUT2D eigenvalue weighted by atomic mass is 31.0. The number of aryl methyl sites for hydroxylation is 2. The van der Waals surface area contributed by atoms with E-state index in [9.17, 15) is 4.79 Å². The van der Waals surface area contributed by atoms with Crippen LogP contribution in [0.1, 0.15) is 57.2 Å². The van der Waals surface area contributed by atoms with Crippen molar-refractivity contribution in [1.29, 1.82) is 5.41 Å². The largest absolute Gasteiger partial charge is 0.349 e. The molecule has 1 aromatic carbocycles. The lowest BCUT2D eigenvalue weighted by Gasteiger charge is -2.19. The van der Waals surface area contributed by atoms with E-state index in [2.05, 4.69) is 63.2 Å². The predicted octanol–water partition coefficient (Wildman–Crippen LogP) is 6.89. The Morgan fingerprint density at radius 1 is 1.24 bits per heavy atom. The standard InChI is InChI=1S/C12H16N4O.C12H16NP.C4H8.C2H6/c1-10-4-5-14-6-12(10)16(9-17)7-11(2)15-8-13-3;1-9-5-3-4-6-11(9)8-12(14)7-10(2)13;1-4-2-3-4;1-2/h4-6,8-9H,2,7H2,1,3H3,(H,13,15);3-7,13H,8,14H2,1-2H3;4H,2-3H2,1H3;1-2H3/b;12-7-,13-10?;;. The van der Waals surface area contributed by atoms with E-state index < -0.39 is 0 Å². The van der Waals surface area contributed by atoms with Gasteiger partial charge in [0.15, 0.2) is 0 Å². The van der Waals surface area contributed by atoms with Crippen LogP contribution < -0.4 is 10.2 Å². The number of amides is 1. The first-order valence-corrected chi connectivity index (χ1v) is 13.3. The third-order valence-corrected chi connectivity index (χ3v) is 5.50. The van der Waals surface area contributed by atoms with Crippen LogP contribution >= 0.6 is 9.24 Å². The van der Waals surface area contributed by atoms with Crippen molar-refractivity contribution < 1.29 is 4.79 Å². The Morgan fingerprint density at radius 2 is 1.86 bits per heavy atom. The molecule has 1 aromatic heterocycles. The van der Waals surface area contributed by atoms with Crippen molar-refractivity contribution in [2.24, 2.45) is 10.9 Å². The van der Waals surface area contributed by atoms with Crippen LogP contribution in [0.3, 0.4) is 0 Å². The molecule has 37 heavy (non-hydrogen) atoms. The van der Waals surface area contributed by atoms with Crippen molar-refractivity contribution in [2.75, 3.05) is 18.5 Å². The van der Waals surface area contributed by atoms with Crippen LogP contribution in [-0.2, 0) is 11.2 Å². The van der Waals surface area contributed by atoms with Crippen LogP contribution in [0.25, 0.3) is 0 Å². The maximum Gasteiger partial charge on any atom is 0.214 e. The van der Waals surface area contributed by atoms with Crippen LogP contribution in [0, 0.1) is 25.2 Å². The van der Waals surface area contributed by atoms with Crippen molar-refractivity contribution in [3.05, 3.63) is 83.1 Å². The molecule has 2 N–H and O–H groups in total. The summed E-state index contributed by atoms with van der Waals surface area (Å²) in [4.78, 5) is 20.4. The van der Waals surface area contributed by atoms with E-state index in [0.717, 1.165) is 35.3 Å². The fraction of sp³-hybridized carbons (Fsp3) is 0.400. The van der Waals surface area contributed by atoms with E-state index in [1.54, 1.807) is 31.3 Å². The lowest BCUT2D eigenvalue weighted by Crippen LogP contribution is -2.29. The lowest BCUT2D eigenvalue weighted by molar-refractivity contribution is -0.107. The molecule has 1 saturated carbocycles. The number of aromatic nitrogens is 1. The normalized spacial score (nSPS) is 12.1. The number of carbonyl (C=O) groups is 1. The minimum absolute atomic E-state index is 0.377. The van der Waals surface area contributed by atoms with Crippen molar-refractivity contribution in [2.45, 2.75) is 60.8 Å². The first kappa shape index (κ1) is 33.9. The Labute approximate surface area is 227 Å². The van der Waals surface area contributed by atoms with Crippen molar-refractivity contribution in [3.63, 3.8) is 0 Å². The van der Waals surface area contributed by atoms with Crippen LogP contribution in [-0.4, -0.2) is 37.0 Å². The van der Waals surface area contributed by atoms with E-state index in [1.807, 2.05) is 39.0 Å². The molecule has 1 aliphatic rings. The number of benzene rings is 1. The number of aliphatic imine (C=N–C) groups is 1. The summed E-state index contributed by atoms with van der Waals surface area (Å²) in [7, 11) is 4.35. The minimum Gasteiger partial charge on any atom is -0.349 e. The minimum atomic E-state index is 0.377. The van der Waals surface area contributed by atoms with Gasteiger partial charge in [0.25, 0.3) is 0 Å². The molecular weight excluding hydrogens is 477 g/mol. The van der Waals surface area contributed by atoms with Gasteiger partial charge in [-0.15, -0.1) is 9.24 Å². The lowest BCUT2D eigenvalue weighted by atomic mass is 10.1. The summed E-state index contributed by atoms with van der Waals surface area (Å²) in [5.74, 6) is 1.08. The molecule has 0 bridgehead atoms. The van der Waals surface area contributed by atoms with Gasteiger partial charge in [-0.1, -0.05) is 64.5 Å². The van der Waals surface area contributed by atoms with Crippen molar-refractivity contribution in [1.82, 2.24) is 10.3 Å². The van der Waals surface area contributed by atoms with Gasteiger partial charge in [0.2, 0.25) is 6.41 Å². The van der Waals surface area contributed by atoms with E-state index >= 15 is 0 Å². The van der Waals surface area contributed by atoms with Gasteiger partial charge in [0, 0.05) is 24.7 Å². The molecule has 0 aliphatic heterocycles. The summed E-state index contributed by atoms with van der Waals surface area (Å²) in [6, 6.07) is 10.2. The molecular formula is C30H46N5OP. The molecule has 3 rings (SSSR count). The second-order valence-corrected chi connectivity index (χ2v) is 9.46. The van der Waals surface area contributed by atoms with Gasteiger partial charge < -0.3 is 15.6 Å². The number of pyridine rings is 1. The molecule has 1 amide bonds. The molecule has 0 spiro atoms. The second-order valence-electron chi connectivity index (χ2n) is 8.72. The Kier molecular flexibility index (Phi) is 18.3. The fourth-order valence-corrected chi connectivity index (χ4v) is 3.34. The highest BCUT2D eigenvalue weighted by molar-refractivity contribution is 7.22. The summed E-state index contributed by atoms with van der Waals surface area (Å²) in [5.41, 5.74) is 5.69. The topological polar surface area (TPSA) is 81.4 Å². The summed E-state index contributed by atoms with van der Waals surface area (Å²) in [6.07, 6.45) is 11.4. The average molecular weight is 524 g/mol. The molecule has 1 aliphatic carbocycles.